The van der Waals surface area contributed by atoms with Gasteiger partial charge < -0.3 is 16.0 Å². The Morgan fingerprint density at radius 3 is 2.37 bits per heavy atom. The highest BCUT2D eigenvalue weighted by molar-refractivity contribution is 14.0. The zero-order valence-corrected chi connectivity index (χ0v) is 19.2. The lowest BCUT2D eigenvalue weighted by Gasteiger charge is -2.11. The lowest BCUT2D eigenvalue weighted by atomic mass is 10.2. The molecule has 8 heteroatoms. The number of nitrogens with zero attached hydrogens (tertiary/aromatic N) is 2. The summed E-state index contributed by atoms with van der Waals surface area (Å²) < 4.78 is 0. The molecule has 2 rings (SSSR count). The number of hydrogen-bond donors (Lipinski definition) is 3. The molecule has 0 saturated carbocycles. The predicted octanol–water partition coefficient (Wildman–Crippen LogP) is 2.91. The molecule has 0 spiro atoms. The van der Waals surface area contributed by atoms with Crippen molar-refractivity contribution in [3.8, 4) is 0 Å². The minimum atomic E-state index is -0.0397. The van der Waals surface area contributed by atoms with E-state index in [0.717, 1.165) is 42.6 Å². The summed E-state index contributed by atoms with van der Waals surface area (Å²) in [4.78, 5) is 22.0. The molecule has 27 heavy (non-hydrogen) atoms. The minimum Gasteiger partial charge on any atom is -0.356 e. The summed E-state index contributed by atoms with van der Waals surface area (Å²) in [6.07, 6.45) is 1.71. The normalized spacial score (nSPS) is 10.9. The molecule has 0 aliphatic heterocycles. The van der Waals surface area contributed by atoms with Gasteiger partial charge in [-0.05, 0) is 32.4 Å². The number of carbonyl (C=O) groups excluding carboxylic acids is 1. The Morgan fingerprint density at radius 2 is 1.74 bits per heavy atom. The van der Waals surface area contributed by atoms with Crippen LogP contribution in [0.1, 0.15) is 32.4 Å². The second kappa shape index (κ2) is 12.7. The van der Waals surface area contributed by atoms with Crippen molar-refractivity contribution in [2.45, 2.75) is 26.7 Å². The van der Waals surface area contributed by atoms with Crippen LogP contribution in [0.4, 0.5) is 0 Å². The van der Waals surface area contributed by atoms with Crippen LogP contribution in [0.15, 0.2) is 35.3 Å². The first kappa shape index (κ1) is 23.4. The third-order valence-electron chi connectivity index (χ3n) is 3.90. The lowest BCUT2D eigenvalue weighted by molar-refractivity contribution is 0.0953. The summed E-state index contributed by atoms with van der Waals surface area (Å²) in [6.45, 7) is 6.29. The van der Waals surface area contributed by atoms with Crippen LogP contribution in [0.2, 0.25) is 0 Å². The zero-order chi connectivity index (χ0) is 18.8. The van der Waals surface area contributed by atoms with Gasteiger partial charge in [0.15, 0.2) is 5.96 Å². The molecule has 0 bridgehead atoms. The lowest BCUT2D eigenvalue weighted by Crippen LogP contribution is -2.39. The van der Waals surface area contributed by atoms with Gasteiger partial charge in [-0.3, -0.25) is 9.79 Å². The van der Waals surface area contributed by atoms with E-state index in [0.29, 0.717) is 12.1 Å². The molecule has 0 saturated heterocycles. The van der Waals surface area contributed by atoms with E-state index in [1.807, 2.05) is 37.3 Å². The van der Waals surface area contributed by atoms with Crippen LogP contribution in [0.3, 0.4) is 0 Å². The number of carbonyl (C=O) groups is 1. The average Bonchev–Trinajstić information content (AvgIpc) is 2.98. The maximum absolute atomic E-state index is 11.9. The number of nitrogens with one attached hydrogen (secondary N) is 3. The number of amides is 1. The summed E-state index contributed by atoms with van der Waals surface area (Å²) in [6, 6.07) is 9.24. The Bertz CT molecular complexity index is 713. The van der Waals surface area contributed by atoms with Gasteiger partial charge in [0.05, 0.1) is 10.7 Å². The Hall–Kier alpha value is -1.68. The van der Waals surface area contributed by atoms with E-state index in [1.54, 1.807) is 18.4 Å². The topological polar surface area (TPSA) is 78.4 Å². The number of halogens is 1. The second-order valence-electron chi connectivity index (χ2n) is 5.90. The predicted molar refractivity (Wildman–Crippen MR) is 123 cm³/mol. The number of rotatable bonds is 8. The van der Waals surface area contributed by atoms with Crippen molar-refractivity contribution in [3.05, 3.63) is 51.5 Å². The van der Waals surface area contributed by atoms with Gasteiger partial charge in [0.2, 0.25) is 0 Å². The highest BCUT2D eigenvalue weighted by atomic mass is 127. The van der Waals surface area contributed by atoms with Gasteiger partial charge in [-0.2, -0.15) is 0 Å². The number of hydrogen-bond acceptors (Lipinski definition) is 4. The molecule has 0 aliphatic carbocycles. The van der Waals surface area contributed by atoms with Crippen LogP contribution in [0, 0.1) is 13.8 Å². The first-order valence-corrected chi connectivity index (χ1v) is 9.62. The molecule has 6 nitrogen and oxygen atoms in total. The van der Waals surface area contributed by atoms with Gasteiger partial charge in [-0.1, -0.05) is 18.2 Å². The molecule has 3 N–H and O–H groups in total. The van der Waals surface area contributed by atoms with E-state index in [1.165, 1.54) is 4.88 Å². The monoisotopic (exact) mass is 501 g/mol. The fourth-order valence-corrected chi connectivity index (χ4v) is 3.28. The van der Waals surface area contributed by atoms with Crippen molar-refractivity contribution < 1.29 is 4.79 Å². The molecule has 0 radical (unpaired) electrons. The Labute approximate surface area is 182 Å². The van der Waals surface area contributed by atoms with Crippen molar-refractivity contribution >= 4 is 47.2 Å². The molecule has 0 fully saturated rings. The fourth-order valence-electron chi connectivity index (χ4n) is 2.34. The van der Waals surface area contributed by atoms with Gasteiger partial charge in [0.1, 0.15) is 0 Å². The molecule has 1 heterocycles. The number of aryl methyl sites for hydroxylation is 2. The van der Waals surface area contributed by atoms with Crippen LogP contribution in [0.25, 0.3) is 0 Å². The highest BCUT2D eigenvalue weighted by Gasteiger charge is 2.05. The third-order valence-corrected chi connectivity index (χ3v) is 5.03. The SMILES string of the molecule is CN=C(NCCCNC(=O)c1ccccc1)NCCc1nc(C)c(C)s1.I. The number of aromatic nitrogens is 1. The van der Waals surface area contributed by atoms with Gasteiger partial charge in [-0.25, -0.2) is 4.98 Å². The quantitative estimate of drug-likeness (QED) is 0.225. The summed E-state index contributed by atoms with van der Waals surface area (Å²) in [5.74, 6) is 0.728. The van der Waals surface area contributed by atoms with Crippen LogP contribution < -0.4 is 16.0 Å². The Kier molecular flexibility index (Phi) is 11.0. The fraction of sp³-hybridized carbons (Fsp3) is 0.421. The maximum Gasteiger partial charge on any atom is 0.251 e. The van der Waals surface area contributed by atoms with Crippen molar-refractivity contribution in [1.82, 2.24) is 20.9 Å². The van der Waals surface area contributed by atoms with Crippen LogP contribution in [-0.4, -0.2) is 43.5 Å². The number of thiazole rings is 1. The smallest absolute Gasteiger partial charge is 0.251 e. The molecule has 1 amide bonds. The van der Waals surface area contributed by atoms with Gasteiger partial charge in [0, 0.05) is 43.5 Å². The molecule has 148 valence electrons. The van der Waals surface area contributed by atoms with Crippen molar-refractivity contribution in [3.63, 3.8) is 0 Å². The molecule has 1 aromatic carbocycles. The molecule has 0 unspecified atom stereocenters. The summed E-state index contributed by atoms with van der Waals surface area (Å²) in [5.41, 5.74) is 1.80. The standard InChI is InChI=1S/C19H27N5OS.HI/c1-14-15(2)26-17(24-14)10-13-23-19(20-3)22-12-7-11-21-18(25)16-8-5-4-6-9-16;/h4-6,8-9H,7,10-13H2,1-3H3,(H,21,25)(H2,20,22,23);1H. The third kappa shape index (κ3) is 8.25. The Balaban J connectivity index is 0.00000364. The molecule has 0 aliphatic rings. The molecular formula is C19H28IN5OS. The van der Waals surface area contributed by atoms with E-state index in [9.17, 15) is 4.79 Å². The summed E-state index contributed by atoms with van der Waals surface area (Å²) >= 11 is 1.75. The van der Waals surface area contributed by atoms with E-state index >= 15 is 0 Å². The van der Waals surface area contributed by atoms with Gasteiger partial charge in [-0.15, -0.1) is 35.3 Å². The Morgan fingerprint density at radius 1 is 1.07 bits per heavy atom. The first-order valence-electron chi connectivity index (χ1n) is 8.81. The highest BCUT2D eigenvalue weighted by Crippen LogP contribution is 2.16. The van der Waals surface area contributed by atoms with Gasteiger partial charge >= 0.3 is 0 Å². The largest absolute Gasteiger partial charge is 0.356 e. The molecule has 2 aromatic rings. The van der Waals surface area contributed by atoms with Crippen LogP contribution in [-0.2, 0) is 6.42 Å². The van der Waals surface area contributed by atoms with E-state index < -0.39 is 0 Å². The second-order valence-corrected chi connectivity index (χ2v) is 7.19. The number of guanidine groups is 1. The van der Waals surface area contributed by atoms with Crippen molar-refractivity contribution in [1.29, 1.82) is 0 Å². The molecular weight excluding hydrogens is 473 g/mol. The van der Waals surface area contributed by atoms with E-state index in [-0.39, 0.29) is 29.9 Å². The van der Waals surface area contributed by atoms with Crippen molar-refractivity contribution in [2.75, 3.05) is 26.7 Å². The number of aliphatic imine (C=N–C) groups is 1. The van der Waals surface area contributed by atoms with Crippen LogP contribution in [0.5, 0.6) is 0 Å². The minimum absolute atomic E-state index is 0. The first-order chi connectivity index (χ1) is 12.6. The average molecular weight is 501 g/mol. The van der Waals surface area contributed by atoms with Crippen molar-refractivity contribution in [2.24, 2.45) is 4.99 Å². The number of benzene rings is 1. The van der Waals surface area contributed by atoms with Crippen LogP contribution >= 0.6 is 35.3 Å². The zero-order valence-electron chi connectivity index (χ0n) is 16.0. The molecule has 1 aromatic heterocycles. The van der Waals surface area contributed by atoms with E-state index in [2.05, 4.69) is 32.9 Å². The summed E-state index contributed by atoms with van der Waals surface area (Å²) in [7, 11) is 1.75. The maximum atomic E-state index is 11.9. The summed E-state index contributed by atoms with van der Waals surface area (Å²) in [5, 5.41) is 10.6. The molecule has 0 atom stereocenters. The van der Waals surface area contributed by atoms with E-state index in [4.69, 9.17) is 0 Å². The van der Waals surface area contributed by atoms with Gasteiger partial charge in [0.25, 0.3) is 5.91 Å².